The van der Waals surface area contributed by atoms with E-state index in [4.69, 9.17) is 9.47 Å². The molecule has 0 atom stereocenters. The van der Waals surface area contributed by atoms with Crippen LogP contribution in [0.15, 0.2) is 77.9 Å². The molecule has 0 bridgehead atoms. The Morgan fingerprint density at radius 2 is 1.68 bits per heavy atom. The third kappa shape index (κ3) is 5.85. The van der Waals surface area contributed by atoms with Gasteiger partial charge in [-0.1, -0.05) is 42.5 Å². The van der Waals surface area contributed by atoms with E-state index in [2.05, 4.69) is 58.7 Å². The van der Waals surface area contributed by atoms with Gasteiger partial charge in [0.2, 0.25) is 0 Å². The molecule has 0 saturated carbocycles. The lowest BCUT2D eigenvalue weighted by Crippen LogP contribution is -2.21. The van der Waals surface area contributed by atoms with E-state index < -0.39 is 0 Å². The van der Waals surface area contributed by atoms with E-state index in [1.54, 1.807) is 31.5 Å². The van der Waals surface area contributed by atoms with Gasteiger partial charge in [-0.05, 0) is 48.4 Å². The number of anilines is 1. The van der Waals surface area contributed by atoms with Crippen molar-refractivity contribution in [1.82, 2.24) is 5.43 Å². The quantitative estimate of drug-likeness (QED) is 0.411. The highest BCUT2D eigenvalue weighted by atomic mass is 16.5. The van der Waals surface area contributed by atoms with Crippen LogP contribution in [-0.2, 0) is 6.54 Å². The van der Waals surface area contributed by atoms with Gasteiger partial charge in [0.25, 0.3) is 5.91 Å². The lowest BCUT2D eigenvalue weighted by molar-refractivity contribution is 0.0954. The lowest BCUT2D eigenvalue weighted by atomic mass is 10.1. The molecular weight excluding hydrogens is 390 g/mol. The Hall–Kier alpha value is -3.80. The summed E-state index contributed by atoms with van der Waals surface area (Å²) in [6.07, 6.45) is 1.62. The van der Waals surface area contributed by atoms with Crippen LogP contribution in [0.3, 0.4) is 0 Å². The fourth-order valence-corrected chi connectivity index (χ4v) is 3.17. The summed E-state index contributed by atoms with van der Waals surface area (Å²) in [4.78, 5) is 14.6. The van der Waals surface area contributed by atoms with Crippen molar-refractivity contribution in [3.63, 3.8) is 0 Å². The molecular formula is C25H27N3O3. The van der Waals surface area contributed by atoms with E-state index in [9.17, 15) is 4.79 Å². The van der Waals surface area contributed by atoms with Crippen molar-refractivity contribution in [2.75, 3.05) is 25.7 Å². The zero-order valence-corrected chi connectivity index (χ0v) is 18.0. The lowest BCUT2D eigenvalue weighted by Gasteiger charge is -2.23. The molecule has 3 aromatic rings. The van der Waals surface area contributed by atoms with Crippen LogP contribution in [0, 0.1) is 0 Å². The fraction of sp³-hybridized carbons (Fsp3) is 0.200. The second-order valence-corrected chi connectivity index (χ2v) is 6.86. The number of benzene rings is 3. The molecule has 0 spiro atoms. The number of carbonyl (C=O) groups excluding carboxylic acids is 1. The summed E-state index contributed by atoms with van der Waals surface area (Å²) < 4.78 is 10.4. The van der Waals surface area contributed by atoms with Gasteiger partial charge >= 0.3 is 0 Å². The average Bonchev–Trinajstić information content (AvgIpc) is 2.83. The topological polar surface area (TPSA) is 63.2 Å². The molecule has 3 rings (SSSR count). The highest BCUT2D eigenvalue weighted by Crippen LogP contribution is 2.27. The Bertz CT molecular complexity index is 1020. The predicted octanol–water partition coefficient (Wildman–Crippen LogP) is 4.49. The summed E-state index contributed by atoms with van der Waals surface area (Å²) in [6.45, 7) is 3.90. The fourth-order valence-electron chi connectivity index (χ4n) is 3.17. The first kappa shape index (κ1) is 21.9. The number of hydrogen-bond donors (Lipinski definition) is 1. The monoisotopic (exact) mass is 417 g/mol. The van der Waals surface area contributed by atoms with Crippen molar-refractivity contribution < 1.29 is 14.3 Å². The Kier molecular flexibility index (Phi) is 7.65. The smallest absolute Gasteiger partial charge is 0.271 e. The Labute approximate surface area is 183 Å². The number of nitrogens with zero attached hydrogens (tertiary/aromatic N) is 2. The number of ether oxygens (including phenoxy) is 2. The Morgan fingerprint density at radius 1 is 0.968 bits per heavy atom. The van der Waals surface area contributed by atoms with Crippen LogP contribution >= 0.6 is 0 Å². The SMILES string of the molecule is CCN(Cc1ccccc1)c1ccc(C=NNC(=O)c2ccc(OC)c(OC)c2)cc1. The third-order valence-corrected chi connectivity index (χ3v) is 4.88. The van der Waals surface area contributed by atoms with Crippen molar-refractivity contribution in [2.45, 2.75) is 13.5 Å². The third-order valence-electron chi connectivity index (χ3n) is 4.88. The highest BCUT2D eigenvalue weighted by Gasteiger charge is 2.10. The molecule has 1 amide bonds. The van der Waals surface area contributed by atoms with Crippen LogP contribution in [0.25, 0.3) is 0 Å². The minimum Gasteiger partial charge on any atom is -0.493 e. The number of methoxy groups -OCH3 is 2. The van der Waals surface area contributed by atoms with Crippen molar-refractivity contribution in [3.05, 3.63) is 89.5 Å². The minimum absolute atomic E-state index is 0.325. The van der Waals surface area contributed by atoms with Crippen molar-refractivity contribution in [1.29, 1.82) is 0 Å². The molecule has 0 radical (unpaired) electrons. The highest BCUT2D eigenvalue weighted by molar-refractivity contribution is 5.95. The number of amides is 1. The zero-order valence-electron chi connectivity index (χ0n) is 18.0. The van der Waals surface area contributed by atoms with Gasteiger partial charge in [-0.3, -0.25) is 4.79 Å². The summed E-state index contributed by atoms with van der Waals surface area (Å²) in [7, 11) is 3.08. The first-order valence-electron chi connectivity index (χ1n) is 10.1. The maximum absolute atomic E-state index is 12.3. The molecule has 0 heterocycles. The van der Waals surface area contributed by atoms with Crippen molar-refractivity contribution in [2.24, 2.45) is 5.10 Å². The van der Waals surface area contributed by atoms with E-state index in [1.807, 2.05) is 18.2 Å². The van der Waals surface area contributed by atoms with Gasteiger partial charge in [-0.2, -0.15) is 5.10 Å². The summed E-state index contributed by atoms with van der Waals surface area (Å²) in [5, 5.41) is 4.07. The molecule has 0 saturated heterocycles. The Morgan fingerprint density at radius 3 is 2.32 bits per heavy atom. The second kappa shape index (κ2) is 10.8. The van der Waals surface area contributed by atoms with Crippen LogP contribution in [0.1, 0.15) is 28.4 Å². The van der Waals surface area contributed by atoms with Gasteiger partial charge in [0.1, 0.15) is 0 Å². The van der Waals surface area contributed by atoms with Gasteiger partial charge in [0.15, 0.2) is 11.5 Å². The minimum atomic E-state index is -0.325. The van der Waals surface area contributed by atoms with Crippen molar-refractivity contribution in [3.8, 4) is 11.5 Å². The summed E-state index contributed by atoms with van der Waals surface area (Å²) in [6, 6.07) is 23.4. The van der Waals surface area contributed by atoms with E-state index in [1.165, 1.54) is 12.7 Å². The van der Waals surface area contributed by atoms with Crippen molar-refractivity contribution >= 4 is 17.8 Å². The first-order chi connectivity index (χ1) is 15.1. The van der Waals surface area contributed by atoms with E-state index in [0.717, 1.165) is 24.3 Å². The number of carbonyl (C=O) groups is 1. The number of nitrogens with one attached hydrogen (secondary N) is 1. The molecule has 160 valence electrons. The van der Waals surface area contributed by atoms with Gasteiger partial charge in [-0.15, -0.1) is 0 Å². The van der Waals surface area contributed by atoms with Crippen LogP contribution in [0.2, 0.25) is 0 Å². The summed E-state index contributed by atoms with van der Waals surface area (Å²) in [5.41, 5.74) is 6.28. The molecule has 0 aliphatic heterocycles. The molecule has 6 heteroatoms. The molecule has 0 aliphatic carbocycles. The van der Waals surface area contributed by atoms with Gasteiger partial charge < -0.3 is 14.4 Å². The molecule has 3 aromatic carbocycles. The normalized spacial score (nSPS) is 10.7. The van der Waals surface area contributed by atoms with E-state index >= 15 is 0 Å². The van der Waals surface area contributed by atoms with Crippen LogP contribution < -0.4 is 19.8 Å². The number of hydrogen-bond acceptors (Lipinski definition) is 5. The van der Waals surface area contributed by atoms with Gasteiger partial charge in [0, 0.05) is 24.3 Å². The molecule has 31 heavy (non-hydrogen) atoms. The Balaban J connectivity index is 1.61. The van der Waals surface area contributed by atoms with Gasteiger partial charge in [-0.25, -0.2) is 5.43 Å². The molecule has 1 N–H and O–H groups in total. The number of hydrazone groups is 1. The molecule has 0 aromatic heterocycles. The van der Waals surface area contributed by atoms with E-state index in [0.29, 0.717) is 17.1 Å². The van der Waals surface area contributed by atoms with Crippen LogP contribution in [-0.4, -0.2) is 32.9 Å². The first-order valence-corrected chi connectivity index (χ1v) is 10.1. The standard InChI is InChI=1S/C25H27N3O3/c1-4-28(18-20-8-6-5-7-9-20)22-13-10-19(11-14-22)17-26-27-25(29)21-12-15-23(30-2)24(16-21)31-3/h5-17H,4,18H2,1-3H3,(H,27,29). The molecule has 0 fully saturated rings. The number of rotatable bonds is 9. The van der Waals surface area contributed by atoms with Gasteiger partial charge in [0.05, 0.1) is 20.4 Å². The maximum atomic E-state index is 12.3. The average molecular weight is 418 g/mol. The van der Waals surface area contributed by atoms with Crippen LogP contribution in [0.5, 0.6) is 11.5 Å². The molecule has 0 aliphatic rings. The maximum Gasteiger partial charge on any atom is 0.271 e. The molecule has 6 nitrogen and oxygen atoms in total. The zero-order chi connectivity index (χ0) is 22.1. The molecule has 0 unspecified atom stereocenters. The van der Waals surface area contributed by atoms with E-state index in [-0.39, 0.29) is 5.91 Å². The largest absolute Gasteiger partial charge is 0.493 e. The summed E-state index contributed by atoms with van der Waals surface area (Å²) >= 11 is 0. The second-order valence-electron chi connectivity index (χ2n) is 6.86. The predicted molar refractivity (Wildman–Crippen MR) is 124 cm³/mol. The van der Waals surface area contributed by atoms with Crippen LogP contribution in [0.4, 0.5) is 5.69 Å². The summed E-state index contributed by atoms with van der Waals surface area (Å²) in [5.74, 6) is 0.732.